The standard InChI is InChI=1S/C18H28N4O3S/c1-14-5-6-16(26(24,25)20(3)4)13-17(14)19-18(23)15(2)22-10-7-21(8-11-22)9-12-22/h5-6,13,15H,7-12H2,1-4H3/p+1/t15-/m1/s1. The summed E-state index contributed by atoms with van der Waals surface area (Å²) in [5.74, 6) is -0.0390. The number of hydrogen-bond acceptors (Lipinski definition) is 4. The van der Waals surface area contributed by atoms with E-state index in [4.69, 9.17) is 0 Å². The summed E-state index contributed by atoms with van der Waals surface area (Å²) >= 11 is 0. The van der Waals surface area contributed by atoms with Gasteiger partial charge in [0, 0.05) is 39.4 Å². The van der Waals surface area contributed by atoms with E-state index in [1.54, 1.807) is 18.2 Å². The van der Waals surface area contributed by atoms with Crippen molar-refractivity contribution in [3.63, 3.8) is 0 Å². The van der Waals surface area contributed by atoms with Gasteiger partial charge in [-0.15, -0.1) is 0 Å². The molecule has 8 heteroatoms. The van der Waals surface area contributed by atoms with Gasteiger partial charge in [0.1, 0.15) is 0 Å². The molecule has 3 aliphatic rings. The Kier molecular flexibility index (Phi) is 5.13. The molecule has 0 aliphatic carbocycles. The topological polar surface area (TPSA) is 69.7 Å². The molecule has 0 radical (unpaired) electrons. The van der Waals surface area contributed by atoms with Gasteiger partial charge >= 0.3 is 0 Å². The van der Waals surface area contributed by atoms with E-state index >= 15 is 0 Å². The molecule has 1 atom stereocenters. The summed E-state index contributed by atoms with van der Waals surface area (Å²) in [7, 11) is -0.527. The van der Waals surface area contributed by atoms with Crippen molar-refractivity contribution < 1.29 is 17.7 Å². The first-order valence-electron chi connectivity index (χ1n) is 9.08. The fourth-order valence-corrected chi connectivity index (χ4v) is 4.79. The van der Waals surface area contributed by atoms with Crippen LogP contribution in [0.25, 0.3) is 0 Å². The zero-order chi connectivity index (χ0) is 19.1. The van der Waals surface area contributed by atoms with Crippen LogP contribution >= 0.6 is 0 Å². The molecule has 1 aromatic carbocycles. The van der Waals surface area contributed by atoms with Crippen LogP contribution in [-0.4, -0.2) is 87.4 Å². The Labute approximate surface area is 156 Å². The molecule has 1 amide bonds. The van der Waals surface area contributed by atoms with Crippen LogP contribution in [-0.2, 0) is 14.8 Å². The third-order valence-corrected chi connectivity index (χ3v) is 7.84. The van der Waals surface area contributed by atoms with Crippen molar-refractivity contribution in [2.75, 3.05) is 58.7 Å². The molecular weight excluding hydrogens is 352 g/mol. The summed E-state index contributed by atoms with van der Waals surface area (Å²) < 4.78 is 26.7. The van der Waals surface area contributed by atoms with Gasteiger partial charge in [0.2, 0.25) is 10.0 Å². The van der Waals surface area contributed by atoms with Crippen LogP contribution in [0.3, 0.4) is 0 Å². The zero-order valence-electron chi connectivity index (χ0n) is 16.0. The molecular formula is C18H29N4O3S+. The molecule has 4 rings (SSSR count). The third kappa shape index (κ3) is 3.38. The first-order chi connectivity index (χ1) is 12.2. The lowest BCUT2D eigenvalue weighted by molar-refractivity contribution is -0.953. The molecule has 7 nitrogen and oxygen atoms in total. The number of amides is 1. The summed E-state index contributed by atoms with van der Waals surface area (Å²) in [6.07, 6.45) is 0. The molecule has 3 saturated heterocycles. The molecule has 26 heavy (non-hydrogen) atoms. The zero-order valence-corrected chi connectivity index (χ0v) is 16.8. The molecule has 0 spiro atoms. The Balaban J connectivity index is 1.81. The third-order valence-electron chi connectivity index (χ3n) is 6.03. The van der Waals surface area contributed by atoms with E-state index in [9.17, 15) is 13.2 Å². The highest BCUT2D eigenvalue weighted by Gasteiger charge is 2.45. The number of aryl methyl sites for hydroxylation is 1. The van der Waals surface area contributed by atoms with Crippen molar-refractivity contribution in [3.05, 3.63) is 23.8 Å². The molecule has 3 heterocycles. The van der Waals surface area contributed by atoms with Gasteiger partial charge in [-0.1, -0.05) is 6.07 Å². The van der Waals surface area contributed by atoms with Crippen LogP contribution in [0.5, 0.6) is 0 Å². The predicted octanol–water partition coefficient (Wildman–Crippen LogP) is 0.718. The van der Waals surface area contributed by atoms with Gasteiger partial charge in [-0.3, -0.25) is 9.69 Å². The SMILES string of the molecule is Cc1ccc(S(=O)(=O)N(C)C)cc1NC(=O)[C@@H](C)[N+]12CCN(CC1)CC2. The Morgan fingerprint density at radius 2 is 1.77 bits per heavy atom. The molecule has 1 aromatic rings. The second-order valence-electron chi connectivity index (χ2n) is 7.66. The molecule has 0 saturated carbocycles. The summed E-state index contributed by atoms with van der Waals surface area (Å²) in [5.41, 5.74) is 1.42. The second kappa shape index (κ2) is 6.92. The number of carbonyl (C=O) groups is 1. The number of benzene rings is 1. The van der Waals surface area contributed by atoms with Crippen molar-refractivity contribution in [2.45, 2.75) is 24.8 Å². The monoisotopic (exact) mass is 381 g/mol. The molecule has 144 valence electrons. The molecule has 2 bridgehead atoms. The van der Waals surface area contributed by atoms with Gasteiger partial charge in [0.05, 0.1) is 24.5 Å². The Morgan fingerprint density at radius 1 is 1.19 bits per heavy atom. The maximum absolute atomic E-state index is 12.9. The quantitative estimate of drug-likeness (QED) is 0.763. The minimum Gasteiger partial charge on any atom is -0.321 e. The summed E-state index contributed by atoms with van der Waals surface area (Å²) in [6, 6.07) is 4.73. The Bertz CT molecular complexity index is 785. The van der Waals surface area contributed by atoms with E-state index in [-0.39, 0.29) is 16.8 Å². The lowest BCUT2D eigenvalue weighted by Gasteiger charge is -2.52. The number of nitrogens with one attached hydrogen (secondary N) is 1. The number of sulfonamides is 1. The number of anilines is 1. The largest absolute Gasteiger partial charge is 0.321 e. The lowest BCUT2D eigenvalue weighted by Crippen LogP contribution is -2.72. The number of carbonyl (C=O) groups excluding carboxylic acids is 1. The molecule has 0 aromatic heterocycles. The average Bonchev–Trinajstić information content (AvgIpc) is 2.64. The van der Waals surface area contributed by atoms with Gasteiger partial charge in [-0.05, 0) is 31.5 Å². The number of nitrogens with zero attached hydrogens (tertiary/aromatic N) is 3. The average molecular weight is 382 g/mol. The normalized spacial score (nSPS) is 26.7. The predicted molar refractivity (Wildman–Crippen MR) is 101 cm³/mol. The highest BCUT2D eigenvalue weighted by Crippen LogP contribution is 2.26. The number of rotatable bonds is 5. The molecule has 3 aliphatic heterocycles. The van der Waals surface area contributed by atoms with Crippen LogP contribution in [0.2, 0.25) is 0 Å². The number of fused-ring (bicyclic) bond motifs is 3. The maximum atomic E-state index is 12.9. The van der Waals surface area contributed by atoms with Crippen molar-refractivity contribution in [1.29, 1.82) is 0 Å². The Morgan fingerprint density at radius 3 is 2.31 bits per heavy atom. The summed E-state index contributed by atoms with van der Waals surface area (Å²) in [6.45, 7) is 10.0. The number of quaternary nitrogens is 1. The van der Waals surface area contributed by atoms with Crippen LogP contribution in [0, 0.1) is 6.92 Å². The number of hydrogen-bond donors (Lipinski definition) is 1. The van der Waals surface area contributed by atoms with Gasteiger partial charge in [0.15, 0.2) is 6.04 Å². The van der Waals surface area contributed by atoms with Crippen molar-refractivity contribution in [3.8, 4) is 0 Å². The highest BCUT2D eigenvalue weighted by molar-refractivity contribution is 7.89. The van der Waals surface area contributed by atoms with E-state index < -0.39 is 10.0 Å². The minimum absolute atomic E-state index is 0.0390. The van der Waals surface area contributed by atoms with Crippen LogP contribution in [0.1, 0.15) is 12.5 Å². The smallest absolute Gasteiger partial charge is 0.282 e. The van der Waals surface area contributed by atoms with Crippen molar-refractivity contribution in [2.24, 2.45) is 0 Å². The molecule has 3 fully saturated rings. The maximum Gasteiger partial charge on any atom is 0.282 e. The van der Waals surface area contributed by atoms with Gasteiger partial charge in [0.25, 0.3) is 5.91 Å². The molecule has 1 N–H and O–H groups in total. The van der Waals surface area contributed by atoms with E-state index in [0.717, 1.165) is 49.3 Å². The first kappa shape index (κ1) is 19.3. The molecule has 0 unspecified atom stereocenters. The Hall–Kier alpha value is -1.48. The summed E-state index contributed by atoms with van der Waals surface area (Å²) in [4.78, 5) is 15.6. The van der Waals surface area contributed by atoms with Crippen LogP contribution < -0.4 is 5.32 Å². The van der Waals surface area contributed by atoms with Crippen LogP contribution in [0.4, 0.5) is 5.69 Å². The number of piperazine rings is 3. The van der Waals surface area contributed by atoms with Gasteiger partial charge in [-0.2, -0.15) is 0 Å². The van der Waals surface area contributed by atoms with Gasteiger partial charge < -0.3 is 9.80 Å². The summed E-state index contributed by atoms with van der Waals surface area (Å²) in [5, 5.41) is 2.98. The fraction of sp³-hybridized carbons (Fsp3) is 0.611. The second-order valence-corrected chi connectivity index (χ2v) is 9.81. The minimum atomic E-state index is -3.53. The van der Waals surface area contributed by atoms with E-state index in [1.807, 2.05) is 13.8 Å². The van der Waals surface area contributed by atoms with Crippen LogP contribution in [0.15, 0.2) is 23.1 Å². The lowest BCUT2D eigenvalue weighted by atomic mass is 10.1. The van der Waals surface area contributed by atoms with E-state index in [1.165, 1.54) is 18.4 Å². The van der Waals surface area contributed by atoms with Crippen molar-refractivity contribution >= 4 is 21.6 Å². The fourth-order valence-electron chi connectivity index (χ4n) is 3.87. The first-order valence-corrected chi connectivity index (χ1v) is 10.5. The van der Waals surface area contributed by atoms with Crippen molar-refractivity contribution in [1.82, 2.24) is 9.21 Å². The van der Waals surface area contributed by atoms with Gasteiger partial charge in [-0.25, -0.2) is 12.7 Å². The highest BCUT2D eigenvalue weighted by atomic mass is 32.2. The van der Waals surface area contributed by atoms with E-state index in [2.05, 4.69) is 10.2 Å². The van der Waals surface area contributed by atoms with E-state index in [0.29, 0.717) is 5.69 Å².